The Morgan fingerprint density at radius 3 is 2.46 bits per heavy atom. The molecule has 0 spiro atoms. The van der Waals surface area contributed by atoms with Crippen LogP contribution < -0.4 is 5.32 Å². The molecule has 3 unspecified atom stereocenters. The van der Waals surface area contributed by atoms with Crippen LogP contribution in [0.5, 0.6) is 0 Å². The predicted molar refractivity (Wildman–Crippen MR) is 56.0 cm³/mol. The first kappa shape index (κ1) is 11.3. The maximum atomic E-state index is 6.22. The van der Waals surface area contributed by atoms with E-state index in [2.05, 4.69) is 26.1 Å². The van der Waals surface area contributed by atoms with Crippen LogP contribution in [0.1, 0.15) is 27.2 Å². The fraction of sp³-hybridized carbons (Fsp3) is 1.00. The van der Waals surface area contributed by atoms with Gasteiger partial charge >= 0.3 is 0 Å². The van der Waals surface area contributed by atoms with E-state index < -0.39 is 0 Å². The fourth-order valence-corrected chi connectivity index (χ4v) is 2.41. The lowest BCUT2D eigenvalue weighted by Crippen LogP contribution is -2.49. The highest BCUT2D eigenvalue weighted by atomic mass is 35.5. The number of methoxy groups -OCH3 is 1. The number of hydrogen-bond acceptors (Lipinski definition) is 2. The van der Waals surface area contributed by atoms with Crippen molar-refractivity contribution < 1.29 is 4.74 Å². The van der Waals surface area contributed by atoms with Gasteiger partial charge in [0, 0.05) is 13.7 Å². The minimum atomic E-state index is 0.0893. The largest absolute Gasteiger partial charge is 0.380 e. The van der Waals surface area contributed by atoms with Crippen molar-refractivity contribution in [3.8, 4) is 0 Å². The van der Waals surface area contributed by atoms with E-state index in [1.165, 1.54) is 0 Å². The van der Waals surface area contributed by atoms with E-state index in [-0.39, 0.29) is 10.9 Å². The van der Waals surface area contributed by atoms with E-state index in [1.54, 1.807) is 7.11 Å². The molecule has 1 aliphatic heterocycles. The fourth-order valence-electron chi connectivity index (χ4n) is 1.84. The number of hydrogen-bond donors (Lipinski definition) is 1. The molecule has 3 atom stereocenters. The number of alkyl halides is 1. The molecule has 3 heteroatoms. The van der Waals surface area contributed by atoms with Crippen LogP contribution in [0.3, 0.4) is 0 Å². The number of ether oxygens (including phenoxy) is 1. The Morgan fingerprint density at radius 2 is 2.00 bits per heavy atom. The monoisotopic (exact) mass is 205 g/mol. The molecule has 0 saturated carbocycles. The first-order valence-corrected chi connectivity index (χ1v) is 5.29. The van der Waals surface area contributed by atoms with Crippen molar-refractivity contribution >= 4 is 11.6 Å². The lowest BCUT2D eigenvalue weighted by atomic mass is 9.76. The molecule has 1 heterocycles. The molecule has 0 bridgehead atoms. The number of rotatable bonds is 1. The molecule has 0 amide bonds. The molecule has 1 rings (SSSR count). The lowest BCUT2D eigenvalue weighted by Gasteiger charge is -2.40. The molecule has 1 aliphatic rings. The summed E-state index contributed by atoms with van der Waals surface area (Å²) in [4.78, 5) is 0. The van der Waals surface area contributed by atoms with E-state index in [1.807, 2.05) is 0 Å². The van der Waals surface area contributed by atoms with Crippen LogP contribution in [0, 0.1) is 11.3 Å². The molecule has 13 heavy (non-hydrogen) atoms. The van der Waals surface area contributed by atoms with Crippen LogP contribution in [-0.2, 0) is 4.74 Å². The minimum absolute atomic E-state index is 0.0893. The van der Waals surface area contributed by atoms with E-state index in [0.29, 0.717) is 12.0 Å². The van der Waals surface area contributed by atoms with Crippen molar-refractivity contribution in [2.24, 2.45) is 11.3 Å². The van der Waals surface area contributed by atoms with Crippen LogP contribution in [0.15, 0.2) is 0 Å². The summed E-state index contributed by atoms with van der Waals surface area (Å²) in [6, 6.07) is 0. The van der Waals surface area contributed by atoms with Crippen LogP contribution in [0.2, 0.25) is 0 Å². The molecule has 2 nitrogen and oxygen atoms in total. The second-order valence-corrected chi connectivity index (χ2v) is 5.35. The van der Waals surface area contributed by atoms with Crippen molar-refractivity contribution in [2.45, 2.75) is 38.8 Å². The molecular formula is C10H20ClNO. The molecule has 0 aromatic heterocycles. The zero-order chi connectivity index (χ0) is 10.1. The van der Waals surface area contributed by atoms with Gasteiger partial charge in [0.15, 0.2) is 0 Å². The Labute approximate surface area is 86.0 Å². The smallest absolute Gasteiger partial charge is 0.0860 e. The summed E-state index contributed by atoms with van der Waals surface area (Å²) < 4.78 is 5.34. The Hall–Kier alpha value is 0.210. The van der Waals surface area contributed by atoms with Gasteiger partial charge in [0.2, 0.25) is 0 Å². The van der Waals surface area contributed by atoms with Crippen LogP contribution >= 0.6 is 11.6 Å². The van der Waals surface area contributed by atoms with Crippen molar-refractivity contribution in [1.82, 2.24) is 5.32 Å². The van der Waals surface area contributed by atoms with E-state index >= 15 is 0 Å². The second-order valence-electron chi connectivity index (χ2n) is 4.88. The molecule has 0 aromatic carbocycles. The van der Waals surface area contributed by atoms with Gasteiger partial charge in [-0.25, -0.2) is 0 Å². The molecular weight excluding hydrogens is 186 g/mol. The topological polar surface area (TPSA) is 21.3 Å². The maximum absolute atomic E-state index is 6.22. The minimum Gasteiger partial charge on any atom is -0.380 e. The Bertz CT molecular complexity index is 167. The zero-order valence-corrected chi connectivity index (χ0v) is 9.69. The van der Waals surface area contributed by atoms with E-state index in [9.17, 15) is 0 Å². The molecule has 0 aromatic rings. The van der Waals surface area contributed by atoms with Crippen molar-refractivity contribution in [3.05, 3.63) is 0 Å². The van der Waals surface area contributed by atoms with Gasteiger partial charge < -0.3 is 4.74 Å². The van der Waals surface area contributed by atoms with Gasteiger partial charge in [-0.2, -0.15) is 0 Å². The number of piperidine rings is 1. The van der Waals surface area contributed by atoms with Crippen LogP contribution in [0.25, 0.3) is 0 Å². The Morgan fingerprint density at radius 1 is 1.38 bits per heavy atom. The zero-order valence-electron chi connectivity index (χ0n) is 8.93. The SMILES string of the molecule is COC1CNC(Cl)C(C(C)(C)C)C1. The first-order chi connectivity index (χ1) is 5.95. The van der Waals surface area contributed by atoms with E-state index in [4.69, 9.17) is 16.3 Å². The summed E-state index contributed by atoms with van der Waals surface area (Å²) in [5, 5.41) is 3.28. The van der Waals surface area contributed by atoms with Crippen molar-refractivity contribution in [3.63, 3.8) is 0 Å². The van der Waals surface area contributed by atoms with Crippen molar-refractivity contribution in [1.29, 1.82) is 0 Å². The third kappa shape index (κ3) is 2.83. The average molecular weight is 206 g/mol. The summed E-state index contributed by atoms with van der Waals surface area (Å²) in [5.41, 5.74) is 0.336. The highest BCUT2D eigenvalue weighted by molar-refractivity contribution is 6.20. The van der Waals surface area contributed by atoms with Gasteiger partial charge in [-0.3, -0.25) is 5.32 Å². The van der Waals surface area contributed by atoms with Gasteiger partial charge in [0.1, 0.15) is 0 Å². The molecule has 0 aliphatic carbocycles. The third-order valence-electron chi connectivity index (χ3n) is 2.86. The standard InChI is InChI=1S/C10H20ClNO/c1-10(2,3)8-5-7(13-4)6-12-9(8)11/h7-9,12H,5-6H2,1-4H3. The Balaban J connectivity index is 2.60. The summed E-state index contributed by atoms with van der Waals surface area (Å²) in [6.45, 7) is 7.56. The van der Waals surface area contributed by atoms with Gasteiger partial charge in [0.25, 0.3) is 0 Å². The highest BCUT2D eigenvalue weighted by Gasteiger charge is 2.36. The summed E-state index contributed by atoms with van der Waals surface area (Å²) >= 11 is 6.22. The normalized spacial score (nSPS) is 36.2. The molecule has 1 N–H and O–H groups in total. The molecule has 1 fully saturated rings. The predicted octanol–water partition coefficient (Wildman–Crippen LogP) is 2.22. The summed E-state index contributed by atoms with van der Waals surface area (Å²) in [6.07, 6.45) is 1.38. The summed E-state index contributed by atoms with van der Waals surface area (Å²) in [7, 11) is 1.76. The van der Waals surface area contributed by atoms with Gasteiger partial charge in [0.05, 0.1) is 11.6 Å². The third-order valence-corrected chi connectivity index (χ3v) is 3.31. The lowest BCUT2D eigenvalue weighted by molar-refractivity contribution is 0.0273. The Kier molecular flexibility index (Phi) is 3.61. The van der Waals surface area contributed by atoms with Crippen LogP contribution in [-0.4, -0.2) is 25.3 Å². The second kappa shape index (κ2) is 4.16. The molecule has 78 valence electrons. The van der Waals surface area contributed by atoms with Crippen LogP contribution in [0.4, 0.5) is 0 Å². The van der Waals surface area contributed by atoms with Gasteiger partial charge in [-0.1, -0.05) is 20.8 Å². The average Bonchev–Trinajstić information content (AvgIpc) is 2.03. The van der Waals surface area contributed by atoms with Crippen molar-refractivity contribution in [2.75, 3.05) is 13.7 Å². The number of nitrogens with one attached hydrogen (secondary N) is 1. The highest BCUT2D eigenvalue weighted by Crippen LogP contribution is 2.36. The van der Waals surface area contributed by atoms with E-state index in [0.717, 1.165) is 13.0 Å². The van der Waals surface area contributed by atoms with Gasteiger partial charge in [-0.15, -0.1) is 11.6 Å². The summed E-state index contributed by atoms with van der Waals surface area (Å²) in [5.74, 6) is 0.480. The number of halogens is 1. The first-order valence-electron chi connectivity index (χ1n) is 4.85. The quantitative estimate of drug-likeness (QED) is 0.524. The van der Waals surface area contributed by atoms with Gasteiger partial charge in [-0.05, 0) is 17.8 Å². The molecule has 1 saturated heterocycles. The maximum Gasteiger partial charge on any atom is 0.0860 e. The molecule has 0 radical (unpaired) electrons.